The topological polar surface area (TPSA) is 55.8 Å². The minimum absolute atomic E-state index is 0.0257. The number of hydrogen-bond donors (Lipinski definition) is 1. The average molecular weight is 278 g/mol. The number of ether oxygens (including phenoxy) is 2. The van der Waals surface area contributed by atoms with E-state index in [2.05, 4.69) is 4.74 Å². The Labute approximate surface area is 107 Å². The Kier molecular flexibility index (Phi) is 5.17. The van der Waals surface area contributed by atoms with E-state index in [0.717, 1.165) is 0 Å². The van der Waals surface area contributed by atoms with Crippen LogP contribution in [-0.4, -0.2) is 30.5 Å². The van der Waals surface area contributed by atoms with E-state index < -0.39 is 24.9 Å². The van der Waals surface area contributed by atoms with Crippen LogP contribution >= 0.6 is 0 Å². The third kappa shape index (κ3) is 4.44. The summed E-state index contributed by atoms with van der Waals surface area (Å²) in [6.45, 7) is 0.794. The Morgan fingerprint density at radius 1 is 1.37 bits per heavy atom. The Balaban J connectivity index is 3.06. The standard InChI is InChI=1S/C12H13F3O4/c1-2-18-9-6-4-3-5-8(9)11(12(13,14)15)19-7-10(16)17/h3-6,11H,2,7H2,1H3,(H,16,17)/t11-/m1/s1. The molecular weight excluding hydrogens is 265 g/mol. The van der Waals surface area contributed by atoms with Crippen LogP contribution in [0, 0.1) is 0 Å². The van der Waals surface area contributed by atoms with Gasteiger partial charge in [-0.05, 0) is 13.0 Å². The van der Waals surface area contributed by atoms with E-state index in [-0.39, 0.29) is 17.9 Å². The molecule has 1 atom stereocenters. The molecule has 0 radical (unpaired) electrons. The van der Waals surface area contributed by atoms with Gasteiger partial charge < -0.3 is 14.6 Å². The summed E-state index contributed by atoms with van der Waals surface area (Å²) in [4.78, 5) is 10.3. The minimum atomic E-state index is -4.72. The van der Waals surface area contributed by atoms with Gasteiger partial charge in [-0.2, -0.15) is 13.2 Å². The molecule has 0 heterocycles. The second kappa shape index (κ2) is 6.42. The molecule has 0 unspecified atom stereocenters. The molecule has 0 aliphatic rings. The van der Waals surface area contributed by atoms with Crippen LogP contribution in [-0.2, 0) is 9.53 Å². The molecule has 7 heteroatoms. The first-order chi connectivity index (χ1) is 8.86. The fraction of sp³-hybridized carbons (Fsp3) is 0.417. The average Bonchev–Trinajstić information content (AvgIpc) is 2.29. The highest BCUT2D eigenvalue weighted by molar-refractivity contribution is 5.68. The molecule has 106 valence electrons. The molecule has 0 spiro atoms. The van der Waals surface area contributed by atoms with Gasteiger partial charge in [0.1, 0.15) is 12.4 Å². The third-order valence-corrected chi connectivity index (χ3v) is 2.17. The maximum atomic E-state index is 12.9. The van der Waals surface area contributed by atoms with Crippen molar-refractivity contribution in [3.63, 3.8) is 0 Å². The van der Waals surface area contributed by atoms with Crippen LogP contribution in [0.3, 0.4) is 0 Å². The fourth-order valence-electron chi connectivity index (χ4n) is 1.50. The van der Waals surface area contributed by atoms with Crippen LogP contribution in [0.4, 0.5) is 13.2 Å². The van der Waals surface area contributed by atoms with Crippen molar-refractivity contribution in [3.8, 4) is 5.75 Å². The first-order valence-corrected chi connectivity index (χ1v) is 5.48. The molecule has 0 aromatic heterocycles. The summed E-state index contributed by atoms with van der Waals surface area (Å²) in [5.41, 5.74) is -0.238. The number of benzene rings is 1. The summed E-state index contributed by atoms with van der Waals surface area (Å²) in [6, 6.07) is 5.51. The lowest BCUT2D eigenvalue weighted by Crippen LogP contribution is -2.26. The van der Waals surface area contributed by atoms with Crippen molar-refractivity contribution in [2.45, 2.75) is 19.2 Å². The van der Waals surface area contributed by atoms with Crippen LogP contribution in [0.5, 0.6) is 5.75 Å². The van der Waals surface area contributed by atoms with Crippen LogP contribution in [0.2, 0.25) is 0 Å². The molecule has 1 rings (SSSR count). The molecule has 0 bridgehead atoms. The van der Waals surface area contributed by atoms with Gasteiger partial charge in [-0.3, -0.25) is 0 Å². The highest BCUT2D eigenvalue weighted by Gasteiger charge is 2.43. The molecule has 19 heavy (non-hydrogen) atoms. The number of halogens is 3. The zero-order chi connectivity index (χ0) is 14.5. The van der Waals surface area contributed by atoms with Gasteiger partial charge in [0, 0.05) is 5.56 Å². The third-order valence-electron chi connectivity index (χ3n) is 2.17. The summed E-state index contributed by atoms with van der Waals surface area (Å²) in [5, 5.41) is 8.42. The SMILES string of the molecule is CCOc1ccccc1[C@@H](OCC(=O)O)C(F)(F)F. The Morgan fingerprint density at radius 3 is 2.53 bits per heavy atom. The van der Waals surface area contributed by atoms with E-state index in [1.54, 1.807) is 6.92 Å². The summed E-state index contributed by atoms with van der Waals surface area (Å²) in [5.74, 6) is -1.44. The molecule has 4 nitrogen and oxygen atoms in total. The number of aliphatic carboxylic acids is 1. The number of carboxylic acids is 1. The molecule has 1 N–H and O–H groups in total. The first kappa shape index (κ1) is 15.3. The Morgan fingerprint density at radius 2 is 2.00 bits per heavy atom. The molecule has 0 saturated heterocycles. The normalized spacial score (nSPS) is 13.1. The maximum absolute atomic E-state index is 12.9. The molecule has 0 saturated carbocycles. The van der Waals surface area contributed by atoms with Crippen LogP contribution in [0.1, 0.15) is 18.6 Å². The Bertz CT molecular complexity index is 431. The van der Waals surface area contributed by atoms with Gasteiger partial charge in [-0.15, -0.1) is 0 Å². The smallest absolute Gasteiger partial charge is 0.419 e. The molecule has 0 aliphatic carbocycles. The van der Waals surface area contributed by atoms with Crippen molar-refractivity contribution in [1.29, 1.82) is 0 Å². The number of hydrogen-bond acceptors (Lipinski definition) is 3. The second-order valence-electron chi connectivity index (χ2n) is 3.60. The zero-order valence-electron chi connectivity index (χ0n) is 10.1. The minimum Gasteiger partial charge on any atom is -0.493 e. The van der Waals surface area contributed by atoms with Crippen molar-refractivity contribution >= 4 is 5.97 Å². The van der Waals surface area contributed by atoms with E-state index in [9.17, 15) is 18.0 Å². The van der Waals surface area contributed by atoms with Crippen LogP contribution in [0.25, 0.3) is 0 Å². The van der Waals surface area contributed by atoms with E-state index >= 15 is 0 Å². The van der Waals surface area contributed by atoms with Crippen molar-refractivity contribution < 1.29 is 32.5 Å². The van der Waals surface area contributed by atoms with Crippen LogP contribution in [0.15, 0.2) is 24.3 Å². The lowest BCUT2D eigenvalue weighted by molar-refractivity contribution is -0.225. The first-order valence-electron chi connectivity index (χ1n) is 5.48. The lowest BCUT2D eigenvalue weighted by Gasteiger charge is -2.22. The van der Waals surface area contributed by atoms with Crippen molar-refractivity contribution in [1.82, 2.24) is 0 Å². The van der Waals surface area contributed by atoms with Gasteiger partial charge in [0.25, 0.3) is 0 Å². The highest BCUT2D eigenvalue weighted by Crippen LogP contribution is 2.39. The number of carboxylic acid groups (broad SMARTS) is 1. The van der Waals surface area contributed by atoms with E-state index in [1.165, 1.54) is 24.3 Å². The summed E-state index contributed by atoms with van der Waals surface area (Å²) in [6.07, 6.45) is -7.05. The van der Waals surface area contributed by atoms with Gasteiger partial charge in [0.2, 0.25) is 0 Å². The highest BCUT2D eigenvalue weighted by atomic mass is 19.4. The molecular formula is C12H13F3O4. The monoisotopic (exact) mass is 278 g/mol. The quantitative estimate of drug-likeness (QED) is 0.869. The van der Waals surface area contributed by atoms with Gasteiger partial charge in [0.15, 0.2) is 6.10 Å². The number of para-hydroxylation sites is 1. The lowest BCUT2D eigenvalue weighted by atomic mass is 10.1. The summed E-state index contributed by atoms with van der Waals surface area (Å²) >= 11 is 0. The largest absolute Gasteiger partial charge is 0.493 e. The Hall–Kier alpha value is -1.76. The maximum Gasteiger partial charge on any atom is 0.419 e. The van der Waals surface area contributed by atoms with Crippen molar-refractivity contribution in [2.24, 2.45) is 0 Å². The van der Waals surface area contributed by atoms with Crippen molar-refractivity contribution in [2.75, 3.05) is 13.2 Å². The van der Waals surface area contributed by atoms with Crippen molar-refractivity contribution in [3.05, 3.63) is 29.8 Å². The van der Waals surface area contributed by atoms with E-state index in [0.29, 0.717) is 0 Å². The zero-order valence-corrected chi connectivity index (χ0v) is 10.1. The van der Waals surface area contributed by atoms with Gasteiger partial charge >= 0.3 is 12.1 Å². The number of carbonyl (C=O) groups is 1. The predicted octanol–water partition coefficient (Wildman–Crippen LogP) is 2.79. The second-order valence-corrected chi connectivity index (χ2v) is 3.60. The fourth-order valence-corrected chi connectivity index (χ4v) is 1.50. The predicted molar refractivity (Wildman–Crippen MR) is 60.0 cm³/mol. The van der Waals surface area contributed by atoms with E-state index in [1.807, 2.05) is 0 Å². The summed E-state index contributed by atoms with van der Waals surface area (Å²) < 4.78 is 48.2. The summed E-state index contributed by atoms with van der Waals surface area (Å²) in [7, 11) is 0. The molecule has 1 aromatic carbocycles. The molecule has 0 aliphatic heterocycles. The molecule has 1 aromatic rings. The number of rotatable bonds is 6. The van der Waals surface area contributed by atoms with Gasteiger partial charge in [0.05, 0.1) is 6.61 Å². The van der Waals surface area contributed by atoms with Crippen LogP contribution < -0.4 is 4.74 Å². The van der Waals surface area contributed by atoms with Gasteiger partial charge in [-0.25, -0.2) is 4.79 Å². The van der Waals surface area contributed by atoms with E-state index in [4.69, 9.17) is 9.84 Å². The number of alkyl halides is 3. The molecule has 0 amide bonds. The molecule has 0 fully saturated rings. The van der Waals surface area contributed by atoms with Gasteiger partial charge in [-0.1, -0.05) is 18.2 Å².